The molecule has 4 heteroatoms. The highest BCUT2D eigenvalue weighted by Crippen LogP contribution is 2.78. The molecule has 45 heavy (non-hydrogen) atoms. The van der Waals surface area contributed by atoms with Crippen LogP contribution in [0.15, 0.2) is 12.2 Å². The van der Waals surface area contributed by atoms with Crippen molar-refractivity contribution in [3.8, 4) is 0 Å². The van der Waals surface area contributed by atoms with Crippen LogP contribution in [0.5, 0.6) is 0 Å². The molecule has 4 nitrogen and oxygen atoms in total. The Morgan fingerprint density at radius 2 is 1.47 bits per heavy atom. The molecule has 0 N–H and O–H groups in total. The smallest absolute Gasteiger partial charge is 0.157 e. The highest BCUT2D eigenvalue weighted by Gasteiger charge is 2.71. The van der Waals surface area contributed by atoms with Gasteiger partial charge < -0.3 is 18.9 Å². The first kappa shape index (κ1) is 33.1. The van der Waals surface area contributed by atoms with Gasteiger partial charge >= 0.3 is 0 Å². The maximum Gasteiger partial charge on any atom is 0.157 e. The van der Waals surface area contributed by atoms with Gasteiger partial charge in [-0.2, -0.15) is 0 Å². The van der Waals surface area contributed by atoms with E-state index >= 15 is 0 Å². The molecule has 2 heterocycles. The zero-order valence-corrected chi connectivity index (χ0v) is 30.1. The molecule has 3 unspecified atom stereocenters. The van der Waals surface area contributed by atoms with Gasteiger partial charge in [-0.15, -0.1) is 0 Å². The van der Waals surface area contributed by atoms with Gasteiger partial charge in [0.2, 0.25) is 0 Å². The van der Waals surface area contributed by atoms with Crippen molar-refractivity contribution in [3.63, 3.8) is 0 Å². The second-order valence-corrected chi connectivity index (χ2v) is 18.5. The Morgan fingerprint density at radius 1 is 0.733 bits per heavy atom. The Kier molecular flexibility index (Phi) is 8.95. The highest BCUT2D eigenvalue weighted by atomic mass is 16.7. The molecule has 2 aliphatic heterocycles. The van der Waals surface area contributed by atoms with Crippen LogP contribution in [0.4, 0.5) is 0 Å². The summed E-state index contributed by atoms with van der Waals surface area (Å²) < 4.78 is 26.1. The molecule has 0 aromatic rings. The molecule has 0 aromatic carbocycles. The Hall–Kier alpha value is -0.420. The first-order valence-corrected chi connectivity index (χ1v) is 19.7. The number of hydrogen-bond acceptors (Lipinski definition) is 4. The van der Waals surface area contributed by atoms with Gasteiger partial charge in [0, 0.05) is 18.6 Å². The summed E-state index contributed by atoms with van der Waals surface area (Å²) in [5.74, 6) is 3.79. The number of rotatable bonds is 7. The summed E-state index contributed by atoms with van der Waals surface area (Å²) >= 11 is 0. The van der Waals surface area contributed by atoms with Crippen LogP contribution in [0, 0.1) is 56.7 Å². The molecule has 0 aromatic heterocycles. The molecule has 0 amide bonds. The van der Waals surface area contributed by atoms with E-state index < -0.39 is 0 Å². The molecular formula is C41H68O4. The van der Waals surface area contributed by atoms with E-state index in [4.69, 9.17) is 18.9 Å². The van der Waals surface area contributed by atoms with E-state index in [2.05, 4.69) is 48.1 Å². The van der Waals surface area contributed by atoms with Crippen molar-refractivity contribution in [1.29, 1.82) is 0 Å². The van der Waals surface area contributed by atoms with Crippen LogP contribution in [-0.4, -0.2) is 38.5 Å². The summed E-state index contributed by atoms with van der Waals surface area (Å²) in [6.45, 7) is 22.7. The predicted octanol–water partition coefficient (Wildman–Crippen LogP) is 10.5. The SMILES string of the molecule is C=C(C)[C@@H]1CC[C@]2(CC)CC[C@]3(C)[C@H](CC[C@@H]4[C@@]5(C)CC[C@H](OC6CCCCO6)C(C)(COC6CCCCO6)[C@@H]5CC[C@]43C)[C@@H]12. The molecule has 0 bridgehead atoms. The van der Waals surface area contributed by atoms with Crippen LogP contribution >= 0.6 is 0 Å². The molecule has 2 saturated heterocycles. The second-order valence-electron chi connectivity index (χ2n) is 18.5. The number of allylic oxidation sites excluding steroid dienone is 1. The van der Waals surface area contributed by atoms with E-state index in [1.54, 1.807) is 0 Å². The molecule has 7 aliphatic rings. The third-order valence-electron chi connectivity index (χ3n) is 16.9. The van der Waals surface area contributed by atoms with Crippen molar-refractivity contribution in [2.75, 3.05) is 19.8 Å². The van der Waals surface area contributed by atoms with Gasteiger partial charge in [0.25, 0.3) is 0 Å². The van der Waals surface area contributed by atoms with Crippen molar-refractivity contribution < 1.29 is 18.9 Å². The topological polar surface area (TPSA) is 36.9 Å². The van der Waals surface area contributed by atoms with Crippen LogP contribution in [0.1, 0.15) is 151 Å². The quantitative estimate of drug-likeness (QED) is 0.209. The van der Waals surface area contributed by atoms with Gasteiger partial charge in [-0.3, -0.25) is 0 Å². The molecule has 0 radical (unpaired) electrons. The summed E-state index contributed by atoms with van der Waals surface area (Å²) in [7, 11) is 0. The fraction of sp³-hybridized carbons (Fsp3) is 0.951. The van der Waals surface area contributed by atoms with Crippen LogP contribution in [0.25, 0.3) is 0 Å². The first-order valence-electron chi connectivity index (χ1n) is 19.7. The lowest BCUT2D eigenvalue weighted by Gasteiger charge is -2.73. The van der Waals surface area contributed by atoms with Crippen LogP contribution in [0.2, 0.25) is 0 Å². The summed E-state index contributed by atoms with van der Waals surface area (Å²) in [5, 5.41) is 0. The molecule has 5 saturated carbocycles. The van der Waals surface area contributed by atoms with Crippen molar-refractivity contribution in [3.05, 3.63) is 12.2 Å². The van der Waals surface area contributed by atoms with Gasteiger partial charge in [0.15, 0.2) is 12.6 Å². The molecule has 7 rings (SSSR count). The summed E-state index contributed by atoms with van der Waals surface area (Å²) in [6.07, 6.45) is 21.9. The fourth-order valence-corrected chi connectivity index (χ4v) is 14.2. The van der Waals surface area contributed by atoms with Crippen molar-refractivity contribution in [1.82, 2.24) is 0 Å². The van der Waals surface area contributed by atoms with Crippen molar-refractivity contribution >= 4 is 0 Å². The van der Waals surface area contributed by atoms with E-state index in [-0.39, 0.29) is 24.1 Å². The zero-order chi connectivity index (χ0) is 31.7. The van der Waals surface area contributed by atoms with E-state index in [0.29, 0.717) is 27.6 Å². The normalized spacial score (nSPS) is 53.1. The van der Waals surface area contributed by atoms with Crippen LogP contribution in [0.3, 0.4) is 0 Å². The minimum Gasteiger partial charge on any atom is -0.353 e. The van der Waals surface area contributed by atoms with Crippen LogP contribution in [-0.2, 0) is 18.9 Å². The first-order chi connectivity index (χ1) is 21.5. The summed E-state index contributed by atoms with van der Waals surface area (Å²) in [4.78, 5) is 0. The minimum atomic E-state index is -0.0488. The maximum absolute atomic E-state index is 7.00. The summed E-state index contributed by atoms with van der Waals surface area (Å²) in [5.41, 5.74) is 3.11. The highest BCUT2D eigenvalue weighted by molar-refractivity contribution is 5.21. The summed E-state index contributed by atoms with van der Waals surface area (Å²) in [6, 6.07) is 0. The second kappa shape index (κ2) is 12.2. The molecule has 7 fully saturated rings. The van der Waals surface area contributed by atoms with E-state index in [9.17, 15) is 0 Å². The Labute approximate surface area is 276 Å². The van der Waals surface area contributed by atoms with E-state index in [1.165, 1.54) is 82.6 Å². The van der Waals surface area contributed by atoms with Crippen molar-refractivity contribution in [2.24, 2.45) is 56.7 Å². The van der Waals surface area contributed by atoms with Gasteiger partial charge in [-0.25, -0.2) is 0 Å². The number of hydrogen-bond donors (Lipinski definition) is 0. The number of ether oxygens (including phenoxy) is 4. The van der Waals surface area contributed by atoms with E-state index in [0.717, 1.165) is 75.6 Å². The average molecular weight is 625 g/mol. The molecule has 13 atom stereocenters. The monoisotopic (exact) mass is 625 g/mol. The van der Waals surface area contributed by atoms with Gasteiger partial charge in [-0.1, -0.05) is 53.2 Å². The maximum atomic E-state index is 7.00. The van der Waals surface area contributed by atoms with Gasteiger partial charge in [-0.05, 0) is 161 Å². The third kappa shape index (κ3) is 5.10. The zero-order valence-electron chi connectivity index (χ0n) is 30.1. The lowest BCUT2D eigenvalue weighted by molar-refractivity contribution is -0.292. The molecule has 5 aliphatic carbocycles. The number of fused-ring (bicyclic) bond motifs is 7. The third-order valence-corrected chi connectivity index (χ3v) is 16.9. The predicted molar refractivity (Wildman–Crippen MR) is 182 cm³/mol. The lowest BCUT2D eigenvalue weighted by Crippen LogP contribution is -2.67. The Bertz CT molecular complexity index is 1080. The fourth-order valence-electron chi connectivity index (χ4n) is 14.2. The van der Waals surface area contributed by atoms with Crippen LogP contribution < -0.4 is 0 Å². The largest absolute Gasteiger partial charge is 0.353 e. The minimum absolute atomic E-state index is 0.0336. The Balaban J connectivity index is 1.19. The molecule has 0 spiro atoms. The molecule has 256 valence electrons. The Morgan fingerprint density at radius 3 is 2.13 bits per heavy atom. The van der Waals surface area contributed by atoms with Gasteiger partial charge in [0.1, 0.15) is 0 Å². The standard InChI is InChI=1S/C41H68O4/c1-8-41-22-17-29(28(2)3)36(41)30-15-16-32-37(4)20-19-33(45-35-14-10-12-26-43-35)38(5,27-44-34-13-9-11-25-42-34)31(37)18-21-40(32,7)39(30,6)23-24-41/h29-36H,2,8-27H2,1,3-7H3/t29-,30+,31+,32+,33-,34?,35?,36+,37-,38?,39+,40+,41+/m0/s1. The van der Waals surface area contributed by atoms with Crippen molar-refractivity contribution in [2.45, 2.75) is 169 Å². The average Bonchev–Trinajstić information content (AvgIpc) is 3.44. The van der Waals surface area contributed by atoms with Gasteiger partial charge in [0.05, 0.1) is 12.7 Å². The van der Waals surface area contributed by atoms with E-state index in [1.807, 2.05) is 0 Å². The lowest BCUT2D eigenvalue weighted by atomic mass is 9.32. The molecular weight excluding hydrogens is 556 g/mol.